The lowest BCUT2D eigenvalue weighted by Crippen LogP contribution is -2.37. The van der Waals surface area contributed by atoms with Crippen LogP contribution in [0.2, 0.25) is 0 Å². The first-order valence-corrected chi connectivity index (χ1v) is 23.2. The molecule has 0 aromatic rings. The van der Waals surface area contributed by atoms with E-state index in [9.17, 15) is 23.8 Å². The molecule has 0 aromatic heterocycles. The lowest BCUT2D eigenvalue weighted by Gasteiger charge is -2.24. The molecule has 0 fully saturated rings. The zero-order valence-corrected chi connectivity index (χ0v) is 36.5. The van der Waals surface area contributed by atoms with E-state index in [0.29, 0.717) is 30.3 Å². The van der Waals surface area contributed by atoms with Crippen LogP contribution in [-0.2, 0) is 37.5 Å². The molecule has 0 aliphatic carbocycles. The van der Waals surface area contributed by atoms with Gasteiger partial charge in [0.1, 0.15) is 19.8 Å². The molecule has 0 aliphatic heterocycles. The van der Waals surface area contributed by atoms with E-state index in [1.807, 2.05) is 33.3 Å². The highest BCUT2D eigenvalue weighted by atomic mass is 31.2. The van der Waals surface area contributed by atoms with E-state index in [2.05, 4.69) is 32.1 Å². The Morgan fingerprint density at radius 2 is 1.09 bits per heavy atom. The molecule has 0 spiro atoms. The van der Waals surface area contributed by atoms with Gasteiger partial charge in [-0.05, 0) is 63.9 Å². The summed E-state index contributed by atoms with van der Waals surface area (Å²) < 4.78 is 34.2. The van der Waals surface area contributed by atoms with Crippen LogP contribution < -0.4 is 0 Å². The van der Waals surface area contributed by atoms with Crippen LogP contribution in [0.4, 0.5) is 0 Å². The van der Waals surface area contributed by atoms with E-state index >= 15 is 0 Å². The summed E-state index contributed by atoms with van der Waals surface area (Å²) in [6, 6.07) is 0. The number of likely N-dealkylation sites (N-methyl/N-ethyl adjacent to an activating group) is 1. The topological polar surface area (TPSA) is 125 Å². The van der Waals surface area contributed by atoms with Gasteiger partial charge in [0.25, 0.3) is 0 Å². The summed E-state index contributed by atoms with van der Waals surface area (Å²) in [5.41, 5.74) is 0. The van der Waals surface area contributed by atoms with Crippen LogP contribution in [0.15, 0.2) is 36.5 Å². The van der Waals surface area contributed by atoms with E-state index in [1.54, 1.807) is 6.08 Å². The second-order valence-corrected chi connectivity index (χ2v) is 17.2. The molecular weight excluding hydrogens is 717 g/mol. The minimum atomic E-state index is -4.39. The van der Waals surface area contributed by atoms with Gasteiger partial charge in [0, 0.05) is 19.3 Å². The molecular formula is C44H81NO9P+. The first-order chi connectivity index (χ1) is 26.4. The van der Waals surface area contributed by atoms with Gasteiger partial charge in [0.05, 0.1) is 27.7 Å². The fourth-order valence-corrected chi connectivity index (χ4v) is 6.38. The maximum absolute atomic E-state index is 12.7. The van der Waals surface area contributed by atoms with Gasteiger partial charge < -0.3 is 18.9 Å². The van der Waals surface area contributed by atoms with Crippen LogP contribution >= 0.6 is 7.82 Å². The van der Waals surface area contributed by atoms with Gasteiger partial charge in [-0.2, -0.15) is 0 Å². The molecule has 0 amide bonds. The Hall–Kier alpha value is -2.10. The number of phosphoric ester groups is 1. The first-order valence-electron chi connectivity index (χ1n) is 21.7. The Labute approximate surface area is 336 Å². The Morgan fingerprint density at radius 1 is 0.600 bits per heavy atom. The van der Waals surface area contributed by atoms with Gasteiger partial charge >= 0.3 is 19.8 Å². The van der Waals surface area contributed by atoms with Gasteiger partial charge in [-0.1, -0.05) is 128 Å². The molecule has 1 unspecified atom stereocenters. The van der Waals surface area contributed by atoms with E-state index in [1.165, 1.54) is 51.4 Å². The third-order valence-electron chi connectivity index (χ3n) is 9.12. The average molecular weight is 799 g/mol. The third kappa shape index (κ3) is 39.9. The van der Waals surface area contributed by atoms with Crippen LogP contribution in [0.3, 0.4) is 0 Å². The number of hydrogen-bond acceptors (Lipinski definition) is 8. The number of esters is 2. The highest BCUT2D eigenvalue weighted by molar-refractivity contribution is 7.47. The zero-order valence-electron chi connectivity index (χ0n) is 35.7. The molecule has 0 radical (unpaired) electrons. The van der Waals surface area contributed by atoms with Crippen molar-refractivity contribution in [2.75, 3.05) is 47.5 Å². The summed E-state index contributed by atoms with van der Waals surface area (Å²) in [5, 5.41) is 0. The number of ether oxygens (including phenoxy) is 2. The molecule has 0 bridgehead atoms. The number of nitrogens with zero attached hydrogens (tertiary/aromatic N) is 1. The highest BCUT2D eigenvalue weighted by Crippen LogP contribution is 2.43. The van der Waals surface area contributed by atoms with Crippen LogP contribution in [-0.4, -0.2) is 80.7 Å². The van der Waals surface area contributed by atoms with Gasteiger partial charge in [0.15, 0.2) is 11.9 Å². The zero-order chi connectivity index (χ0) is 40.9. The number of allylic oxidation sites excluding steroid dienone is 6. The van der Waals surface area contributed by atoms with E-state index < -0.39 is 32.5 Å². The number of hydrogen-bond donors (Lipinski definition) is 1. The van der Waals surface area contributed by atoms with Crippen molar-refractivity contribution in [1.82, 2.24) is 0 Å². The largest absolute Gasteiger partial charge is 0.472 e. The first kappa shape index (κ1) is 52.9. The number of carbonyl (C=O) groups excluding carboxylic acids is 3. The summed E-state index contributed by atoms with van der Waals surface area (Å²) in [7, 11) is 1.42. The van der Waals surface area contributed by atoms with Crippen LogP contribution in [0, 0.1) is 0 Å². The molecule has 320 valence electrons. The standard InChI is InChI=1S/C44H80NO9P/c1-6-8-10-11-12-13-14-15-16-17-18-21-25-28-32-36-44(48)54-42(40-53-55(49,50)52-38-37-45(3,4)5)39-51-43(47)35-31-27-24-22-19-20-23-26-30-34-41(46)33-29-9-7-2/h13-14,23,26,30,34,42H,6-12,15-22,24-25,27-29,31-33,35-40H2,1-5H3/p+1/b14-13-,26-23-,34-30+/t42-/m1/s1. The average Bonchev–Trinajstić information content (AvgIpc) is 3.12. The molecule has 0 saturated heterocycles. The number of carbonyl (C=O) groups is 3. The van der Waals surface area contributed by atoms with Gasteiger partial charge in [-0.15, -0.1) is 0 Å². The molecule has 2 atom stereocenters. The molecule has 55 heavy (non-hydrogen) atoms. The normalized spacial score (nSPS) is 13.9. The Bertz CT molecular complexity index is 1100. The predicted octanol–water partition coefficient (Wildman–Crippen LogP) is 11.3. The van der Waals surface area contributed by atoms with Crippen molar-refractivity contribution < 1.29 is 46.8 Å². The summed E-state index contributed by atoms with van der Waals surface area (Å²) in [4.78, 5) is 47.1. The van der Waals surface area contributed by atoms with Crippen molar-refractivity contribution in [2.24, 2.45) is 0 Å². The van der Waals surface area contributed by atoms with Gasteiger partial charge in [-0.25, -0.2) is 4.57 Å². The molecule has 0 aromatic carbocycles. The molecule has 1 N–H and O–H groups in total. The molecule has 0 heterocycles. The summed E-state index contributed by atoms with van der Waals surface area (Å²) in [6.45, 7) is 4.19. The van der Waals surface area contributed by atoms with Crippen molar-refractivity contribution >= 4 is 25.5 Å². The fraction of sp³-hybridized carbons (Fsp3) is 0.795. The van der Waals surface area contributed by atoms with E-state index in [-0.39, 0.29) is 31.8 Å². The van der Waals surface area contributed by atoms with E-state index in [4.69, 9.17) is 18.5 Å². The SMILES string of the molecule is CCCCCC/C=C\CCCCCCCCCC(=O)O[C@H](COC(=O)CCCCCCC/C=C\C=C\C(=O)CCCCC)COP(=O)(O)OCC[N+](C)(C)C. The van der Waals surface area contributed by atoms with Crippen LogP contribution in [0.1, 0.15) is 174 Å². The molecule has 0 saturated carbocycles. The Morgan fingerprint density at radius 3 is 1.67 bits per heavy atom. The van der Waals surface area contributed by atoms with Crippen molar-refractivity contribution in [3.63, 3.8) is 0 Å². The smallest absolute Gasteiger partial charge is 0.462 e. The molecule has 0 aliphatic rings. The Balaban J connectivity index is 4.44. The summed E-state index contributed by atoms with van der Waals surface area (Å²) in [6.07, 6.45) is 35.9. The van der Waals surface area contributed by atoms with Crippen LogP contribution in [0.5, 0.6) is 0 Å². The van der Waals surface area contributed by atoms with Crippen molar-refractivity contribution in [3.05, 3.63) is 36.5 Å². The number of phosphoric acid groups is 1. The fourth-order valence-electron chi connectivity index (χ4n) is 5.64. The molecule has 10 nitrogen and oxygen atoms in total. The number of unbranched alkanes of at least 4 members (excludes halogenated alkanes) is 18. The number of ketones is 1. The predicted molar refractivity (Wildman–Crippen MR) is 225 cm³/mol. The molecule has 11 heteroatoms. The lowest BCUT2D eigenvalue weighted by atomic mass is 10.1. The quantitative estimate of drug-likeness (QED) is 0.0123. The maximum atomic E-state index is 12.7. The third-order valence-corrected chi connectivity index (χ3v) is 10.1. The highest BCUT2D eigenvalue weighted by Gasteiger charge is 2.27. The molecule has 0 rings (SSSR count). The van der Waals surface area contributed by atoms with E-state index in [0.717, 1.165) is 77.0 Å². The Kier molecular flexibility index (Phi) is 34.9. The number of rotatable bonds is 39. The van der Waals surface area contributed by atoms with Crippen molar-refractivity contribution in [3.8, 4) is 0 Å². The van der Waals surface area contributed by atoms with Crippen molar-refractivity contribution in [2.45, 2.75) is 180 Å². The van der Waals surface area contributed by atoms with Gasteiger partial charge in [0.2, 0.25) is 0 Å². The minimum Gasteiger partial charge on any atom is -0.462 e. The monoisotopic (exact) mass is 799 g/mol. The van der Waals surface area contributed by atoms with Crippen LogP contribution in [0.25, 0.3) is 0 Å². The summed E-state index contributed by atoms with van der Waals surface area (Å²) >= 11 is 0. The lowest BCUT2D eigenvalue weighted by molar-refractivity contribution is -0.870. The minimum absolute atomic E-state index is 0.0163. The second-order valence-electron chi connectivity index (χ2n) is 15.8. The van der Waals surface area contributed by atoms with Crippen molar-refractivity contribution in [1.29, 1.82) is 0 Å². The number of quaternary nitrogens is 1. The van der Waals surface area contributed by atoms with Gasteiger partial charge in [-0.3, -0.25) is 23.4 Å². The maximum Gasteiger partial charge on any atom is 0.472 e. The summed E-state index contributed by atoms with van der Waals surface area (Å²) in [5.74, 6) is -0.686. The second kappa shape index (κ2) is 36.3.